The number of nitriles is 1. The van der Waals surface area contributed by atoms with Gasteiger partial charge in [0.05, 0.1) is 18.5 Å². The molecule has 1 aromatic heterocycles. The van der Waals surface area contributed by atoms with Crippen molar-refractivity contribution in [1.29, 1.82) is 5.26 Å². The number of nitrogens with zero attached hydrogens (tertiary/aromatic N) is 3. The van der Waals surface area contributed by atoms with Crippen molar-refractivity contribution in [3.63, 3.8) is 0 Å². The van der Waals surface area contributed by atoms with Gasteiger partial charge in [0, 0.05) is 15.6 Å². The van der Waals surface area contributed by atoms with E-state index in [0.717, 1.165) is 0 Å². The molecule has 0 unspecified atom stereocenters. The van der Waals surface area contributed by atoms with Crippen LogP contribution in [0.2, 0.25) is 0 Å². The highest BCUT2D eigenvalue weighted by atomic mass is 79.9. The summed E-state index contributed by atoms with van der Waals surface area (Å²) in [7, 11) is 0. The predicted molar refractivity (Wildman–Crippen MR) is 113 cm³/mol. The number of rotatable bonds is 6. The lowest BCUT2D eigenvalue weighted by atomic mass is 10.1. The highest BCUT2D eigenvalue weighted by Crippen LogP contribution is 2.31. The number of hydrogen-bond acceptors (Lipinski definition) is 7. The third kappa shape index (κ3) is 4.62. The van der Waals surface area contributed by atoms with Crippen LogP contribution in [0.4, 0.5) is 5.95 Å². The molecule has 0 fully saturated rings. The van der Waals surface area contributed by atoms with Gasteiger partial charge < -0.3 is 9.84 Å². The van der Waals surface area contributed by atoms with Crippen LogP contribution in [-0.4, -0.2) is 27.9 Å². The minimum atomic E-state index is -0.566. The summed E-state index contributed by atoms with van der Waals surface area (Å²) in [6, 6.07) is 14.0. The molecule has 0 saturated carbocycles. The molecule has 3 N–H and O–H groups in total. The molecular formula is C20H16BrN5O3. The van der Waals surface area contributed by atoms with E-state index < -0.39 is 5.56 Å². The van der Waals surface area contributed by atoms with Crippen LogP contribution in [0.1, 0.15) is 18.1 Å². The number of aromatic amines is 1. The van der Waals surface area contributed by atoms with Crippen LogP contribution in [0.3, 0.4) is 0 Å². The van der Waals surface area contributed by atoms with Crippen molar-refractivity contribution in [3.05, 3.63) is 68.4 Å². The maximum absolute atomic E-state index is 12.2. The first-order valence-corrected chi connectivity index (χ1v) is 9.37. The molecule has 8 nitrogen and oxygen atoms in total. The highest BCUT2D eigenvalue weighted by molar-refractivity contribution is 9.10. The number of halogens is 1. The molecule has 0 atom stereocenters. The zero-order valence-corrected chi connectivity index (χ0v) is 16.9. The van der Waals surface area contributed by atoms with E-state index in [2.05, 4.69) is 36.4 Å². The zero-order valence-electron chi connectivity index (χ0n) is 15.3. The third-order valence-electron chi connectivity index (χ3n) is 3.83. The molecule has 0 aliphatic rings. The number of phenolic OH excluding ortho intramolecular Hbond substituents is 1. The topological polar surface area (TPSA) is 123 Å². The van der Waals surface area contributed by atoms with Gasteiger partial charge >= 0.3 is 0 Å². The van der Waals surface area contributed by atoms with Gasteiger partial charge in [-0.15, -0.1) is 0 Å². The Labute approximate surface area is 174 Å². The van der Waals surface area contributed by atoms with Crippen molar-refractivity contribution in [3.8, 4) is 28.8 Å². The molecule has 0 aliphatic heterocycles. The van der Waals surface area contributed by atoms with Crippen LogP contribution in [0, 0.1) is 11.3 Å². The summed E-state index contributed by atoms with van der Waals surface area (Å²) in [6.45, 7) is 2.22. The quantitative estimate of drug-likeness (QED) is 0.386. The second kappa shape index (κ2) is 9.03. The maximum Gasteiger partial charge on any atom is 0.270 e. The SMILES string of the molecule is CCOc1cc(C=NNc2nc(-c3ccccc3)c(C#N)c(=O)[nH]2)c(Br)cc1O. The molecule has 29 heavy (non-hydrogen) atoms. The Balaban J connectivity index is 1.90. The van der Waals surface area contributed by atoms with Crippen LogP contribution >= 0.6 is 15.9 Å². The summed E-state index contributed by atoms with van der Waals surface area (Å²) in [5.74, 6) is 0.423. The number of aromatic nitrogens is 2. The van der Waals surface area contributed by atoms with E-state index in [1.54, 1.807) is 30.3 Å². The van der Waals surface area contributed by atoms with Gasteiger partial charge in [0.1, 0.15) is 11.6 Å². The molecule has 3 aromatic rings. The van der Waals surface area contributed by atoms with E-state index >= 15 is 0 Å². The Morgan fingerprint density at radius 3 is 2.83 bits per heavy atom. The average molecular weight is 454 g/mol. The molecule has 0 spiro atoms. The summed E-state index contributed by atoms with van der Waals surface area (Å²) in [5.41, 5.74) is 3.56. The standard InChI is InChI=1S/C20H16BrN5O3/c1-2-29-17-8-13(15(21)9-16(17)27)11-23-26-20-24-18(12-6-4-3-5-7-12)14(10-22)19(28)25-20/h3-9,11,27H,2H2,1H3,(H2,24,25,26,28). The number of ether oxygens (including phenoxy) is 1. The summed E-state index contributed by atoms with van der Waals surface area (Å²) in [5, 5.41) is 23.3. The number of H-pyrrole nitrogens is 1. The number of anilines is 1. The largest absolute Gasteiger partial charge is 0.504 e. The van der Waals surface area contributed by atoms with E-state index in [1.165, 1.54) is 12.3 Å². The number of nitrogens with one attached hydrogen (secondary N) is 2. The van der Waals surface area contributed by atoms with Gasteiger partial charge in [-0.1, -0.05) is 30.3 Å². The highest BCUT2D eigenvalue weighted by Gasteiger charge is 2.13. The first kappa shape index (κ1) is 20.1. The second-order valence-electron chi connectivity index (χ2n) is 5.76. The van der Waals surface area contributed by atoms with Gasteiger partial charge in [0.15, 0.2) is 11.5 Å². The fourth-order valence-electron chi connectivity index (χ4n) is 2.53. The Kier molecular flexibility index (Phi) is 6.26. The van der Waals surface area contributed by atoms with Gasteiger partial charge in [-0.2, -0.15) is 10.4 Å². The van der Waals surface area contributed by atoms with E-state index in [4.69, 9.17) is 4.74 Å². The fraction of sp³-hybridized carbons (Fsp3) is 0.100. The van der Waals surface area contributed by atoms with Crippen LogP contribution in [-0.2, 0) is 0 Å². The van der Waals surface area contributed by atoms with E-state index in [-0.39, 0.29) is 23.0 Å². The fourth-order valence-corrected chi connectivity index (χ4v) is 2.96. The number of benzene rings is 2. The van der Waals surface area contributed by atoms with Gasteiger partial charge in [-0.3, -0.25) is 9.78 Å². The average Bonchev–Trinajstić information content (AvgIpc) is 2.71. The van der Waals surface area contributed by atoms with Crippen LogP contribution < -0.4 is 15.7 Å². The van der Waals surface area contributed by atoms with E-state index in [0.29, 0.717) is 28.0 Å². The minimum Gasteiger partial charge on any atom is -0.504 e. The molecule has 9 heteroatoms. The molecular weight excluding hydrogens is 438 g/mol. The number of aromatic hydroxyl groups is 1. The molecule has 146 valence electrons. The lowest BCUT2D eigenvalue weighted by Crippen LogP contribution is -2.16. The van der Waals surface area contributed by atoms with Crippen molar-refractivity contribution in [2.24, 2.45) is 5.10 Å². The molecule has 0 bridgehead atoms. The molecule has 2 aromatic carbocycles. The first-order valence-electron chi connectivity index (χ1n) is 8.57. The van der Waals surface area contributed by atoms with Crippen LogP contribution in [0.5, 0.6) is 11.5 Å². The van der Waals surface area contributed by atoms with Gasteiger partial charge in [0.25, 0.3) is 5.56 Å². The minimum absolute atomic E-state index is 0.00873. The second-order valence-corrected chi connectivity index (χ2v) is 6.61. The summed E-state index contributed by atoms with van der Waals surface area (Å²) in [6.07, 6.45) is 1.48. The normalized spacial score (nSPS) is 10.7. The lowest BCUT2D eigenvalue weighted by molar-refractivity contribution is 0.318. The summed E-state index contributed by atoms with van der Waals surface area (Å²) < 4.78 is 5.97. The van der Waals surface area contributed by atoms with Crippen LogP contribution in [0.15, 0.2) is 56.8 Å². The lowest BCUT2D eigenvalue weighted by Gasteiger charge is -2.08. The Morgan fingerprint density at radius 1 is 1.38 bits per heavy atom. The summed E-state index contributed by atoms with van der Waals surface area (Å²) >= 11 is 3.35. The zero-order chi connectivity index (χ0) is 20.8. The van der Waals surface area contributed by atoms with Gasteiger partial charge in [-0.05, 0) is 35.0 Å². The predicted octanol–water partition coefficient (Wildman–Crippen LogP) is 3.62. The van der Waals surface area contributed by atoms with E-state index in [9.17, 15) is 15.2 Å². The number of hydrogen-bond donors (Lipinski definition) is 3. The molecule has 3 rings (SSSR count). The van der Waals surface area contributed by atoms with Gasteiger partial charge in [0.2, 0.25) is 5.95 Å². The number of phenols is 1. The van der Waals surface area contributed by atoms with Crippen molar-refractivity contribution >= 4 is 28.1 Å². The number of hydrazone groups is 1. The first-order chi connectivity index (χ1) is 14.0. The molecule has 1 heterocycles. The molecule has 0 radical (unpaired) electrons. The van der Waals surface area contributed by atoms with Crippen molar-refractivity contribution < 1.29 is 9.84 Å². The summed E-state index contributed by atoms with van der Waals surface area (Å²) in [4.78, 5) is 19.0. The van der Waals surface area contributed by atoms with Crippen molar-refractivity contribution in [2.75, 3.05) is 12.0 Å². The molecule has 0 saturated heterocycles. The molecule has 0 amide bonds. The Morgan fingerprint density at radius 2 is 2.14 bits per heavy atom. The third-order valence-corrected chi connectivity index (χ3v) is 4.52. The monoisotopic (exact) mass is 453 g/mol. The van der Waals surface area contributed by atoms with Crippen molar-refractivity contribution in [1.82, 2.24) is 9.97 Å². The molecule has 0 aliphatic carbocycles. The van der Waals surface area contributed by atoms with Crippen molar-refractivity contribution in [2.45, 2.75) is 6.92 Å². The van der Waals surface area contributed by atoms with E-state index in [1.807, 2.05) is 19.1 Å². The van der Waals surface area contributed by atoms with Gasteiger partial charge in [-0.25, -0.2) is 10.4 Å². The van der Waals surface area contributed by atoms with Crippen LogP contribution in [0.25, 0.3) is 11.3 Å². The maximum atomic E-state index is 12.2. The Bertz CT molecular complexity index is 1150. The Hall–Kier alpha value is -3.64. The smallest absolute Gasteiger partial charge is 0.270 e.